The summed E-state index contributed by atoms with van der Waals surface area (Å²) in [5.74, 6) is 1.21. The Labute approximate surface area is 249 Å². The van der Waals surface area contributed by atoms with E-state index in [-0.39, 0.29) is 11.8 Å². The first-order valence-electron chi connectivity index (χ1n) is 14.2. The fourth-order valence-corrected chi connectivity index (χ4v) is 5.30. The molecule has 9 heteroatoms. The lowest BCUT2D eigenvalue weighted by molar-refractivity contribution is 0.0927. The molecule has 0 saturated heterocycles. The molecule has 0 atom stereocenters. The van der Waals surface area contributed by atoms with Crippen LogP contribution in [0.1, 0.15) is 64.6 Å². The summed E-state index contributed by atoms with van der Waals surface area (Å²) in [5.41, 5.74) is 5.28. The molecule has 3 aromatic heterocycles. The molecule has 0 aliphatic heterocycles. The summed E-state index contributed by atoms with van der Waals surface area (Å²) >= 11 is 0. The molecule has 2 aromatic carbocycles. The van der Waals surface area contributed by atoms with Gasteiger partial charge in [0.05, 0.1) is 11.1 Å². The number of amides is 2. The van der Waals surface area contributed by atoms with Gasteiger partial charge in [0.25, 0.3) is 11.8 Å². The van der Waals surface area contributed by atoms with Gasteiger partial charge in [-0.05, 0) is 86.7 Å². The summed E-state index contributed by atoms with van der Waals surface area (Å²) in [4.78, 5) is 35.5. The molecule has 3 N–H and O–H groups in total. The number of allylic oxidation sites excluding steroid dienone is 4. The molecule has 1 aliphatic rings. The summed E-state index contributed by atoms with van der Waals surface area (Å²) in [5, 5.41) is 14.0. The zero-order valence-corrected chi connectivity index (χ0v) is 24.5. The second kappa shape index (κ2) is 11.2. The Kier molecular flexibility index (Phi) is 7.23. The lowest BCUT2D eigenvalue weighted by Gasteiger charge is -2.16. The van der Waals surface area contributed by atoms with E-state index in [9.17, 15) is 9.59 Å². The SMILES string of the molecule is CC=CC(=CC)c1oc2ccc(-c3cc(C(=O)NC4(c5nc(-c6ccccn6)n[nH]5)CC4)ccc3C)cc2c1C(=O)NC. The van der Waals surface area contributed by atoms with Crippen molar-refractivity contribution in [2.45, 2.75) is 39.2 Å². The zero-order chi connectivity index (χ0) is 30.1. The Morgan fingerprint density at radius 1 is 1.05 bits per heavy atom. The minimum absolute atomic E-state index is 0.198. The van der Waals surface area contributed by atoms with Gasteiger partial charge in [0, 0.05) is 29.8 Å². The van der Waals surface area contributed by atoms with Crippen LogP contribution in [0.5, 0.6) is 0 Å². The van der Waals surface area contributed by atoms with E-state index in [0.717, 1.165) is 35.1 Å². The van der Waals surface area contributed by atoms with Crippen LogP contribution in [0.2, 0.25) is 0 Å². The molecule has 43 heavy (non-hydrogen) atoms. The molecule has 3 heterocycles. The molecule has 0 radical (unpaired) electrons. The van der Waals surface area contributed by atoms with Crippen molar-refractivity contribution in [1.82, 2.24) is 30.8 Å². The Morgan fingerprint density at radius 2 is 1.88 bits per heavy atom. The number of benzene rings is 2. The van der Waals surface area contributed by atoms with Crippen LogP contribution < -0.4 is 10.6 Å². The first-order valence-corrected chi connectivity index (χ1v) is 14.2. The van der Waals surface area contributed by atoms with Gasteiger partial charge in [-0.25, -0.2) is 4.98 Å². The van der Waals surface area contributed by atoms with Crippen molar-refractivity contribution in [2.75, 3.05) is 7.05 Å². The maximum atomic E-state index is 13.5. The van der Waals surface area contributed by atoms with E-state index in [4.69, 9.17) is 4.42 Å². The summed E-state index contributed by atoms with van der Waals surface area (Å²) in [6.45, 7) is 5.84. The molecule has 2 amide bonds. The summed E-state index contributed by atoms with van der Waals surface area (Å²) in [6, 6.07) is 17.0. The Bertz CT molecular complexity index is 1910. The second-order valence-corrected chi connectivity index (χ2v) is 10.6. The number of aromatic nitrogens is 4. The fourth-order valence-electron chi connectivity index (χ4n) is 5.30. The molecule has 9 nitrogen and oxygen atoms in total. The molecule has 216 valence electrons. The van der Waals surface area contributed by atoms with Crippen LogP contribution in [0.15, 0.2) is 83.4 Å². The Morgan fingerprint density at radius 3 is 2.58 bits per heavy atom. The minimum Gasteiger partial charge on any atom is -0.455 e. The van der Waals surface area contributed by atoms with Crippen LogP contribution in [0, 0.1) is 6.92 Å². The van der Waals surface area contributed by atoms with E-state index in [1.807, 2.05) is 93.6 Å². The van der Waals surface area contributed by atoms with Crippen molar-refractivity contribution in [3.8, 4) is 22.6 Å². The van der Waals surface area contributed by atoms with E-state index in [1.165, 1.54) is 0 Å². The van der Waals surface area contributed by atoms with Crippen molar-refractivity contribution in [1.29, 1.82) is 0 Å². The number of nitrogens with zero attached hydrogens (tertiary/aromatic N) is 3. The van der Waals surface area contributed by atoms with Crippen molar-refractivity contribution < 1.29 is 14.0 Å². The first-order chi connectivity index (χ1) is 20.9. The number of hydrogen-bond donors (Lipinski definition) is 3. The number of furan rings is 1. The van der Waals surface area contributed by atoms with Gasteiger partial charge in [-0.2, -0.15) is 5.10 Å². The van der Waals surface area contributed by atoms with Gasteiger partial charge in [-0.3, -0.25) is 19.7 Å². The predicted molar refractivity (Wildman–Crippen MR) is 166 cm³/mol. The average molecular weight is 573 g/mol. The number of fused-ring (bicyclic) bond motifs is 1. The molecule has 1 aliphatic carbocycles. The highest BCUT2D eigenvalue weighted by Crippen LogP contribution is 2.44. The molecule has 1 fully saturated rings. The fraction of sp³-hybridized carbons (Fsp3) is 0.206. The van der Waals surface area contributed by atoms with Gasteiger partial charge < -0.3 is 15.1 Å². The van der Waals surface area contributed by atoms with Gasteiger partial charge in [0.1, 0.15) is 17.0 Å². The van der Waals surface area contributed by atoms with E-state index >= 15 is 0 Å². The van der Waals surface area contributed by atoms with Crippen LogP contribution in [-0.2, 0) is 5.54 Å². The minimum atomic E-state index is -0.589. The first kappa shape index (κ1) is 27.8. The topological polar surface area (TPSA) is 126 Å². The standard InChI is InChI=1S/C34H32N6O3/c1-5-9-21(6-2)29-28(32(42)35-4)25-18-22(13-14-27(25)43-29)24-19-23(12-11-20(24)3)31(41)38-34(15-16-34)33-37-30(39-40-33)26-10-7-8-17-36-26/h5-14,17-19H,15-16H2,1-4H3,(H,35,42)(H,38,41)(H,37,39,40). The third kappa shape index (κ3) is 5.14. The molecule has 0 spiro atoms. The molecule has 0 bridgehead atoms. The zero-order valence-electron chi connectivity index (χ0n) is 24.5. The third-order valence-corrected chi connectivity index (χ3v) is 7.81. The van der Waals surface area contributed by atoms with Crippen LogP contribution in [0.4, 0.5) is 0 Å². The van der Waals surface area contributed by atoms with Crippen molar-refractivity contribution in [3.63, 3.8) is 0 Å². The van der Waals surface area contributed by atoms with Crippen molar-refractivity contribution in [2.24, 2.45) is 0 Å². The van der Waals surface area contributed by atoms with E-state index in [0.29, 0.717) is 45.2 Å². The normalized spacial score (nSPS) is 14.3. The highest BCUT2D eigenvalue weighted by molar-refractivity contribution is 6.11. The number of carbonyl (C=O) groups is 2. The van der Waals surface area contributed by atoms with Crippen LogP contribution in [0.25, 0.3) is 39.2 Å². The van der Waals surface area contributed by atoms with Crippen LogP contribution in [-0.4, -0.2) is 39.0 Å². The third-order valence-electron chi connectivity index (χ3n) is 7.81. The number of H-pyrrole nitrogens is 1. The molecule has 5 aromatic rings. The van der Waals surface area contributed by atoms with Crippen LogP contribution >= 0.6 is 0 Å². The number of rotatable bonds is 8. The monoisotopic (exact) mass is 572 g/mol. The highest BCUT2D eigenvalue weighted by Gasteiger charge is 2.49. The summed E-state index contributed by atoms with van der Waals surface area (Å²) < 4.78 is 6.18. The predicted octanol–water partition coefficient (Wildman–Crippen LogP) is 6.35. The van der Waals surface area contributed by atoms with E-state index in [2.05, 4.69) is 30.8 Å². The molecule has 1 saturated carbocycles. The number of nitrogens with one attached hydrogen (secondary N) is 3. The van der Waals surface area contributed by atoms with E-state index < -0.39 is 5.54 Å². The smallest absolute Gasteiger partial charge is 0.255 e. The Balaban J connectivity index is 1.32. The molecule has 6 rings (SSSR count). The Hall–Kier alpha value is -5.31. The molecular weight excluding hydrogens is 540 g/mol. The second-order valence-electron chi connectivity index (χ2n) is 10.6. The number of carbonyl (C=O) groups excluding carboxylic acids is 2. The highest BCUT2D eigenvalue weighted by atomic mass is 16.3. The lowest BCUT2D eigenvalue weighted by Crippen LogP contribution is -2.35. The van der Waals surface area contributed by atoms with Crippen molar-refractivity contribution in [3.05, 3.63) is 107 Å². The van der Waals surface area contributed by atoms with Crippen molar-refractivity contribution >= 4 is 28.4 Å². The number of aromatic amines is 1. The van der Waals surface area contributed by atoms with E-state index in [1.54, 1.807) is 13.2 Å². The maximum absolute atomic E-state index is 13.5. The van der Waals surface area contributed by atoms with Gasteiger partial charge in [0.2, 0.25) is 0 Å². The van der Waals surface area contributed by atoms with Crippen LogP contribution in [0.3, 0.4) is 0 Å². The average Bonchev–Trinajstić information content (AvgIpc) is 3.46. The van der Waals surface area contributed by atoms with Gasteiger partial charge >= 0.3 is 0 Å². The number of pyridine rings is 1. The summed E-state index contributed by atoms with van der Waals surface area (Å²) in [6.07, 6.45) is 8.97. The molecular formula is C34H32N6O3. The number of aryl methyl sites for hydroxylation is 1. The maximum Gasteiger partial charge on any atom is 0.255 e. The lowest BCUT2D eigenvalue weighted by atomic mass is 9.95. The summed E-state index contributed by atoms with van der Waals surface area (Å²) in [7, 11) is 1.61. The molecule has 0 unspecified atom stereocenters. The number of hydrogen-bond acceptors (Lipinski definition) is 6. The largest absolute Gasteiger partial charge is 0.455 e. The van der Waals surface area contributed by atoms with Gasteiger partial charge in [-0.15, -0.1) is 0 Å². The van der Waals surface area contributed by atoms with Gasteiger partial charge in [-0.1, -0.05) is 36.4 Å². The van der Waals surface area contributed by atoms with Gasteiger partial charge in [0.15, 0.2) is 11.6 Å². The quantitative estimate of drug-likeness (QED) is 0.186.